The highest BCUT2D eigenvalue weighted by Crippen LogP contribution is 2.18. The summed E-state index contributed by atoms with van der Waals surface area (Å²) < 4.78 is 0. The Morgan fingerprint density at radius 2 is 1.19 bits per heavy atom. The Labute approximate surface area is 94.5 Å². The van der Waals surface area contributed by atoms with E-state index in [9.17, 15) is 9.59 Å². The van der Waals surface area contributed by atoms with E-state index in [1.165, 1.54) is 0 Å². The standard InChI is InChI=1S/C10H18N4O2/c15-9(13-7-1-2-7)11-5-6-12-10(16)14-8-3-4-8/h7-8H,1-6H2,(H2,11,13,15)(H2,12,14,16). The zero-order chi connectivity index (χ0) is 11.4. The van der Waals surface area contributed by atoms with Crippen molar-refractivity contribution >= 4 is 12.1 Å². The minimum absolute atomic E-state index is 0.146. The molecule has 0 aromatic rings. The second-order valence-electron chi connectivity index (χ2n) is 4.35. The van der Waals surface area contributed by atoms with Crippen molar-refractivity contribution < 1.29 is 9.59 Å². The van der Waals surface area contributed by atoms with Gasteiger partial charge in [-0.05, 0) is 25.7 Å². The number of carbonyl (C=O) groups is 2. The Morgan fingerprint density at radius 1 is 0.812 bits per heavy atom. The van der Waals surface area contributed by atoms with Gasteiger partial charge in [0.15, 0.2) is 0 Å². The summed E-state index contributed by atoms with van der Waals surface area (Å²) in [4.78, 5) is 22.4. The molecule has 0 radical (unpaired) electrons. The minimum Gasteiger partial charge on any atom is -0.336 e. The topological polar surface area (TPSA) is 82.3 Å². The first-order chi connectivity index (χ1) is 7.74. The van der Waals surface area contributed by atoms with Crippen LogP contribution in [0.3, 0.4) is 0 Å². The Balaban J connectivity index is 1.43. The molecule has 2 saturated carbocycles. The van der Waals surface area contributed by atoms with Crippen molar-refractivity contribution in [3.8, 4) is 0 Å². The van der Waals surface area contributed by atoms with Gasteiger partial charge in [0.1, 0.15) is 0 Å². The number of carbonyl (C=O) groups excluding carboxylic acids is 2. The van der Waals surface area contributed by atoms with E-state index in [2.05, 4.69) is 21.3 Å². The summed E-state index contributed by atoms with van der Waals surface area (Å²) in [6, 6.07) is 0.441. The molecule has 4 N–H and O–H groups in total. The molecular weight excluding hydrogens is 208 g/mol. The van der Waals surface area contributed by atoms with Crippen molar-refractivity contribution in [3.05, 3.63) is 0 Å². The lowest BCUT2D eigenvalue weighted by Gasteiger charge is -2.08. The van der Waals surface area contributed by atoms with Gasteiger partial charge in [0.05, 0.1) is 0 Å². The molecule has 0 atom stereocenters. The van der Waals surface area contributed by atoms with Crippen LogP contribution in [-0.4, -0.2) is 37.2 Å². The first-order valence-corrected chi connectivity index (χ1v) is 5.83. The molecule has 16 heavy (non-hydrogen) atoms. The number of nitrogens with one attached hydrogen (secondary N) is 4. The predicted octanol–water partition coefficient (Wildman–Crippen LogP) is -0.0904. The maximum Gasteiger partial charge on any atom is 0.315 e. The number of hydrogen-bond donors (Lipinski definition) is 4. The van der Waals surface area contributed by atoms with E-state index >= 15 is 0 Å². The van der Waals surface area contributed by atoms with Crippen molar-refractivity contribution in [2.45, 2.75) is 37.8 Å². The second kappa shape index (κ2) is 5.05. The van der Waals surface area contributed by atoms with Crippen LogP contribution in [0, 0.1) is 0 Å². The van der Waals surface area contributed by atoms with E-state index in [0.29, 0.717) is 25.2 Å². The lowest BCUT2D eigenvalue weighted by atomic mass is 10.6. The molecule has 0 aliphatic heterocycles. The normalized spacial score (nSPS) is 18.8. The van der Waals surface area contributed by atoms with Crippen LogP contribution in [-0.2, 0) is 0 Å². The third kappa shape index (κ3) is 4.37. The van der Waals surface area contributed by atoms with Crippen molar-refractivity contribution in [3.63, 3.8) is 0 Å². The highest BCUT2D eigenvalue weighted by Gasteiger charge is 2.23. The number of hydrogen-bond acceptors (Lipinski definition) is 2. The molecule has 2 aliphatic rings. The maximum absolute atomic E-state index is 11.2. The average Bonchev–Trinajstić information content (AvgIpc) is 3.08. The van der Waals surface area contributed by atoms with E-state index in [0.717, 1.165) is 25.7 Å². The third-order valence-corrected chi connectivity index (χ3v) is 2.52. The molecule has 0 heterocycles. The number of urea groups is 2. The lowest BCUT2D eigenvalue weighted by Crippen LogP contribution is -2.43. The smallest absolute Gasteiger partial charge is 0.315 e. The molecule has 6 nitrogen and oxygen atoms in total. The molecule has 90 valence electrons. The van der Waals surface area contributed by atoms with Gasteiger partial charge in [-0.15, -0.1) is 0 Å². The summed E-state index contributed by atoms with van der Waals surface area (Å²) in [6.07, 6.45) is 4.32. The molecule has 2 fully saturated rings. The van der Waals surface area contributed by atoms with Gasteiger partial charge in [0.2, 0.25) is 0 Å². The van der Waals surface area contributed by atoms with E-state index in [1.54, 1.807) is 0 Å². The molecule has 0 unspecified atom stereocenters. The van der Waals surface area contributed by atoms with Crippen LogP contribution in [0.4, 0.5) is 9.59 Å². The zero-order valence-electron chi connectivity index (χ0n) is 9.21. The second-order valence-corrected chi connectivity index (χ2v) is 4.35. The van der Waals surface area contributed by atoms with E-state index < -0.39 is 0 Å². The van der Waals surface area contributed by atoms with Gasteiger partial charge in [-0.2, -0.15) is 0 Å². The molecule has 2 rings (SSSR count). The SMILES string of the molecule is O=C(NCCNC(=O)NC1CC1)NC1CC1. The minimum atomic E-state index is -0.146. The third-order valence-electron chi connectivity index (χ3n) is 2.52. The fraction of sp³-hybridized carbons (Fsp3) is 0.800. The number of amides is 4. The van der Waals surface area contributed by atoms with Gasteiger partial charge in [0.25, 0.3) is 0 Å². The molecular formula is C10H18N4O2. The Kier molecular flexibility index (Phi) is 3.48. The van der Waals surface area contributed by atoms with Gasteiger partial charge in [-0.25, -0.2) is 9.59 Å². The van der Waals surface area contributed by atoms with Crippen LogP contribution in [0.5, 0.6) is 0 Å². The van der Waals surface area contributed by atoms with Crippen LogP contribution in [0.2, 0.25) is 0 Å². The first kappa shape index (κ1) is 11.0. The molecule has 0 spiro atoms. The summed E-state index contributed by atoms with van der Waals surface area (Å²) >= 11 is 0. The Bertz CT molecular complexity index is 246. The van der Waals surface area contributed by atoms with Gasteiger partial charge in [0, 0.05) is 25.2 Å². The molecule has 0 saturated heterocycles. The maximum atomic E-state index is 11.2. The Morgan fingerprint density at radius 3 is 1.50 bits per heavy atom. The molecule has 0 aromatic heterocycles. The zero-order valence-corrected chi connectivity index (χ0v) is 9.21. The summed E-state index contributed by atoms with van der Waals surface area (Å²) in [5.74, 6) is 0. The van der Waals surface area contributed by atoms with Crippen LogP contribution in [0.1, 0.15) is 25.7 Å². The van der Waals surface area contributed by atoms with Crippen LogP contribution < -0.4 is 21.3 Å². The highest BCUT2D eigenvalue weighted by molar-refractivity contribution is 5.75. The average molecular weight is 226 g/mol. The lowest BCUT2D eigenvalue weighted by molar-refractivity contribution is 0.236. The fourth-order valence-electron chi connectivity index (χ4n) is 1.28. The highest BCUT2D eigenvalue weighted by atomic mass is 16.2. The fourth-order valence-corrected chi connectivity index (χ4v) is 1.28. The van der Waals surface area contributed by atoms with Crippen molar-refractivity contribution in [2.24, 2.45) is 0 Å². The number of rotatable bonds is 5. The van der Waals surface area contributed by atoms with Gasteiger partial charge in [-0.3, -0.25) is 0 Å². The summed E-state index contributed by atoms with van der Waals surface area (Å²) in [5, 5.41) is 11.0. The summed E-state index contributed by atoms with van der Waals surface area (Å²) in [6.45, 7) is 0.910. The van der Waals surface area contributed by atoms with Crippen molar-refractivity contribution in [2.75, 3.05) is 13.1 Å². The first-order valence-electron chi connectivity index (χ1n) is 5.83. The molecule has 6 heteroatoms. The summed E-state index contributed by atoms with van der Waals surface area (Å²) in [5.41, 5.74) is 0. The molecule has 0 bridgehead atoms. The van der Waals surface area contributed by atoms with Gasteiger partial charge in [-0.1, -0.05) is 0 Å². The monoisotopic (exact) mass is 226 g/mol. The van der Waals surface area contributed by atoms with E-state index in [-0.39, 0.29) is 12.1 Å². The van der Waals surface area contributed by atoms with Crippen LogP contribution in [0.15, 0.2) is 0 Å². The molecule has 4 amide bonds. The molecule has 2 aliphatic carbocycles. The van der Waals surface area contributed by atoms with Gasteiger partial charge < -0.3 is 21.3 Å². The van der Waals surface area contributed by atoms with Crippen LogP contribution in [0.25, 0.3) is 0 Å². The predicted molar refractivity (Wildman–Crippen MR) is 59.1 cm³/mol. The van der Waals surface area contributed by atoms with E-state index in [4.69, 9.17) is 0 Å². The Hall–Kier alpha value is -1.46. The van der Waals surface area contributed by atoms with Crippen molar-refractivity contribution in [1.29, 1.82) is 0 Å². The molecule has 0 aromatic carbocycles. The quantitative estimate of drug-likeness (QED) is 0.494. The van der Waals surface area contributed by atoms with Crippen LogP contribution >= 0.6 is 0 Å². The summed E-state index contributed by atoms with van der Waals surface area (Å²) in [7, 11) is 0. The largest absolute Gasteiger partial charge is 0.336 e. The van der Waals surface area contributed by atoms with Gasteiger partial charge >= 0.3 is 12.1 Å². The van der Waals surface area contributed by atoms with Crippen molar-refractivity contribution in [1.82, 2.24) is 21.3 Å². The van der Waals surface area contributed by atoms with E-state index in [1.807, 2.05) is 0 Å².